The maximum absolute atomic E-state index is 13.2. The first kappa shape index (κ1) is 12.5. The minimum atomic E-state index is -0.855. The minimum absolute atomic E-state index is 0.271. The molecule has 0 bridgehead atoms. The smallest absolute Gasteiger partial charge is 0.123 e. The Balaban J connectivity index is 2.18. The van der Waals surface area contributed by atoms with Gasteiger partial charge in [-0.25, -0.2) is 4.39 Å². The summed E-state index contributed by atoms with van der Waals surface area (Å²) in [7, 11) is 0. The van der Waals surface area contributed by atoms with Crippen LogP contribution >= 0.6 is 0 Å². The summed E-state index contributed by atoms with van der Waals surface area (Å²) >= 11 is 0. The molecule has 1 N–H and O–H groups in total. The summed E-state index contributed by atoms with van der Waals surface area (Å²) in [5.41, 5.74) is -0.137. The fourth-order valence-corrected chi connectivity index (χ4v) is 2.56. The average Bonchev–Trinajstić information content (AvgIpc) is 2.52. The number of halogens is 1. The molecule has 1 aromatic carbocycles. The van der Waals surface area contributed by atoms with E-state index in [0.717, 1.165) is 31.6 Å². The van der Waals surface area contributed by atoms with Crippen LogP contribution in [-0.2, 0) is 5.60 Å². The van der Waals surface area contributed by atoms with Crippen LogP contribution in [0.3, 0.4) is 0 Å². The first-order valence-electron chi connectivity index (χ1n) is 6.35. The quantitative estimate of drug-likeness (QED) is 0.854. The van der Waals surface area contributed by atoms with Gasteiger partial charge < -0.3 is 10.0 Å². The molecule has 3 heteroatoms. The van der Waals surface area contributed by atoms with Crippen molar-refractivity contribution in [1.82, 2.24) is 4.90 Å². The van der Waals surface area contributed by atoms with Crippen molar-refractivity contribution in [2.24, 2.45) is 0 Å². The number of rotatable bonds is 2. The monoisotopic (exact) mass is 237 g/mol. The highest BCUT2D eigenvalue weighted by atomic mass is 19.1. The molecule has 0 aromatic heterocycles. The first-order valence-corrected chi connectivity index (χ1v) is 6.35. The average molecular weight is 237 g/mol. The Bertz CT molecular complexity index is 382. The molecule has 1 saturated heterocycles. The highest BCUT2D eigenvalue weighted by Gasteiger charge is 2.31. The van der Waals surface area contributed by atoms with Crippen LogP contribution in [0, 0.1) is 5.82 Å². The number of aliphatic hydroxyl groups is 1. The van der Waals surface area contributed by atoms with Gasteiger partial charge in [-0.3, -0.25) is 0 Å². The lowest BCUT2D eigenvalue weighted by molar-refractivity contribution is 0.0211. The van der Waals surface area contributed by atoms with Crippen molar-refractivity contribution in [3.8, 4) is 0 Å². The van der Waals surface area contributed by atoms with Crippen molar-refractivity contribution in [2.45, 2.75) is 31.8 Å². The molecule has 2 nitrogen and oxygen atoms in total. The Morgan fingerprint density at radius 1 is 1.35 bits per heavy atom. The molecule has 0 saturated carbocycles. The van der Waals surface area contributed by atoms with Gasteiger partial charge in [0.1, 0.15) is 5.82 Å². The third kappa shape index (κ3) is 2.85. The molecular weight excluding hydrogens is 217 g/mol. The summed E-state index contributed by atoms with van der Waals surface area (Å²) in [6, 6.07) is 6.37. The molecule has 94 valence electrons. The highest BCUT2D eigenvalue weighted by molar-refractivity contribution is 5.23. The van der Waals surface area contributed by atoms with Gasteiger partial charge in [0, 0.05) is 6.54 Å². The van der Waals surface area contributed by atoms with E-state index in [1.165, 1.54) is 12.1 Å². The van der Waals surface area contributed by atoms with Crippen molar-refractivity contribution in [3.63, 3.8) is 0 Å². The fraction of sp³-hybridized carbons (Fsp3) is 0.571. The maximum atomic E-state index is 13.2. The van der Waals surface area contributed by atoms with Gasteiger partial charge in [-0.2, -0.15) is 0 Å². The number of benzene rings is 1. The molecule has 0 radical (unpaired) electrons. The van der Waals surface area contributed by atoms with Crippen molar-refractivity contribution in [3.05, 3.63) is 35.6 Å². The highest BCUT2D eigenvalue weighted by Crippen LogP contribution is 2.32. The van der Waals surface area contributed by atoms with Crippen LogP contribution in [-0.4, -0.2) is 29.6 Å². The van der Waals surface area contributed by atoms with Gasteiger partial charge in [0.25, 0.3) is 0 Å². The van der Waals surface area contributed by atoms with Crippen LogP contribution < -0.4 is 0 Å². The van der Waals surface area contributed by atoms with Crippen LogP contribution in [0.2, 0.25) is 0 Å². The van der Waals surface area contributed by atoms with E-state index >= 15 is 0 Å². The predicted octanol–water partition coefficient (Wildman–Crippen LogP) is 2.52. The maximum Gasteiger partial charge on any atom is 0.123 e. The number of likely N-dealkylation sites (tertiary alicyclic amines) is 1. The second-order valence-corrected chi connectivity index (χ2v) is 4.83. The summed E-state index contributed by atoms with van der Waals surface area (Å²) in [4.78, 5) is 2.33. The summed E-state index contributed by atoms with van der Waals surface area (Å²) in [6.45, 7) is 5.05. The number of hydrogen-bond acceptors (Lipinski definition) is 2. The lowest BCUT2D eigenvalue weighted by Crippen LogP contribution is -2.29. The van der Waals surface area contributed by atoms with Crippen LogP contribution in [0.1, 0.15) is 31.7 Å². The van der Waals surface area contributed by atoms with E-state index in [2.05, 4.69) is 11.8 Å². The Morgan fingerprint density at radius 3 is 2.88 bits per heavy atom. The largest absolute Gasteiger partial charge is 0.385 e. The summed E-state index contributed by atoms with van der Waals surface area (Å²) in [5, 5.41) is 10.7. The lowest BCUT2D eigenvalue weighted by atomic mass is 9.87. The first-order chi connectivity index (χ1) is 8.14. The molecule has 1 fully saturated rings. The van der Waals surface area contributed by atoms with Gasteiger partial charge in [-0.05, 0) is 50.0 Å². The SMILES string of the molecule is CCN1CCCC(O)(c2cccc(F)c2)CC1. The van der Waals surface area contributed by atoms with E-state index in [1.54, 1.807) is 6.07 Å². The molecule has 0 amide bonds. The predicted molar refractivity (Wildman–Crippen MR) is 66.3 cm³/mol. The standard InChI is InChI=1S/C14H20FNO/c1-2-16-9-4-7-14(17,8-10-16)12-5-3-6-13(15)11-12/h3,5-6,11,17H,2,4,7-10H2,1H3. The van der Waals surface area contributed by atoms with Gasteiger partial charge in [0.15, 0.2) is 0 Å². The van der Waals surface area contributed by atoms with E-state index in [0.29, 0.717) is 12.8 Å². The fourth-order valence-electron chi connectivity index (χ4n) is 2.56. The normalized spacial score (nSPS) is 26.8. The van der Waals surface area contributed by atoms with Crippen LogP contribution in [0.15, 0.2) is 24.3 Å². The third-order valence-corrected chi connectivity index (χ3v) is 3.72. The van der Waals surface area contributed by atoms with Gasteiger partial charge >= 0.3 is 0 Å². The zero-order valence-electron chi connectivity index (χ0n) is 10.3. The van der Waals surface area contributed by atoms with Crippen molar-refractivity contribution in [2.75, 3.05) is 19.6 Å². The Morgan fingerprint density at radius 2 is 2.18 bits per heavy atom. The summed E-state index contributed by atoms with van der Waals surface area (Å²) in [5.74, 6) is -0.271. The zero-order chi connectivity index (χ0) is 12.3. The molecule has 1 heterocycles. The van der Waals surface area contributed by atoms with E-state index in [-0.39, 0.29) is 5.82 Å². The van der Waals surface area contributed by atoms with Crippen molar-refractivity contribution in [1.29, 1.82) is 0 Å². The van der Waals surface area contributed by atoms with Gasteiger partial charge in [-0.15, -0.1) is 0 Å². The third-order valence-electron chi connectivity index (χ3n) is 3.72. The lowest BCUT2D eigenvalue weighted by Gasteiger charge is -2.27. The molecule has 2 rings (SSSR count). The van der Waals surface area contributed by atoms with Crippen molar-refractivity contribution >= 4 is 0 Å². The van der Waals surface area contributed by atoms with E-state index in [4.69, 9.17) is 0 Å². The second-order valence-electron chi connectivity index (χ2n) is 4.83. The van der Waals surface area contributed by atoms with Crippen LogP contribution in [0.25, 0.3) is 0 Å². The number of hydrogen-bond donors (Lipinski definition) is 1. The van der Waals surface area contributed by atoms with Crippen LogP contribution in [0.5, 0.6) is 0 Å². The molecule has 1 atom stereocenters. The molecular formula is C14H20FNO. The Kier molecular flexibility index (Phi) is 3.79. The second kappa shape index (κ2) is 5.15. The Labute approximate surface area is 102 Å². The molecule has 0 aliphatic carbocycles. The molecule has 1 aliphatic rings. The van der Waals surface area contributed by atoms with Gasteiger partial charge in [0.05, 0.1) is 5.60 Å². The van der Waals surface area contributed by atoms with Crippen LogP contribution in [0.4, 0.5) is 4.39 Å². The zero-order valence-corrected chi connectivity index (χ0v) is 10.3. The van der Waals surface area contributed by atoms with E-state index in [1.807, 2.05) is 6.07 Å². The van der Waals surface area contributed by atoms with E-state index < -0.39 is 5.60 Å². The topological polar surface area (TPSA) is 23.5 Å². The molecule has 1 aliphatic heterocycles. The van der Waals surface area contributed by atoms with Crippen molar-refractivity contribution < 1.29 is 9.50 Å². The van der Waals surface area contributed by atoms with Gasteiger partial charge in [0.2, 0.25) is 0 Å². The molecule has 17 heavy (non-hydrogen) atoms. The molecule has 1 unspecified atom stereocenters. The number of nitrogens with zero attached hydrogens (tertiary/aromatic N) is 1. The summed E-state index contributed by atoms with van der Waals surface area (Å²) in [6.07, 6.45) is 2.36. The molecule has 0 spiro atoms. The summed E-state index contributed by atoms with van der Waals surface area (Å²) < 4.78 is 13.2. The Hall–Kier alpha value is -0.930. The van der Waals surface area contributed by atoms with E-state index in [9.17, 15) is 9.50 Å². The molecule has 1 aromatic rings. The minimum Gasteiger partial charge on any atom is -0.385 e. The van der Waals surface area contributed by atoms with Gasteiger partial charge in [-0.1, -0.05) is 19.1 Å².